The zero-order valence-corrected chi connectivity index (χ0v) is 13.6. The van der Waals surface area contributed by atoms with Gasteiger partial charge in [-0.2, -0.15) is 0 Å². The summed E-state index contributed by atoms with van der Waals surface area (Å²) in [6.45, 7) is 0.262. The maximum atomic E-state index is 14.8. The first-order valence-electron chi connectivity index (χ1n) is 8.02. The first-order valence-corrected chi connectivity index (χ1v) is 8.02. The Morgan fingerprint density at radius 3 is 2.92 bits per heavy atom. The number of rotatable bonds is 4. The molecule has 8 heteroatoms. The van der Waals surface area contributed by atoms with Crippen molar-refractivity contribution >= 4 is 22.7 Å². The first kappa shape index (κ1) is 16.0. The SMILES string of the molecule is [N-]=[N+]=NCC1CN(c2ccc(-n3ccc4ccccc43)c(F)c2)C(=O)O1. The molecule has 0 saturated carbocycles. The van der Waals surface area contributed by atoms with Crippen LogP contribution in [0.4, 0.5) is 14.9 Å². The van der Waals surface area contributed by atoms with Crippen LogP contribution in [0.25, 0.3) is 27.0 Å². The number of aromatic nitrogens is 1. The van der Waals surface area contributed by atoms with Gasteiger partial charge < -0.3 is 9.30 Å². The standard InChI is InChI=1S/C18H14FN5O2/c19-15-9-13(24-11-14(10-21-22-20)26-18(24)25)5-6-17(15)23-8-7-12-3-1-2-4-16(12)23/h1-9,14H,10-11H2. The number of carbonyl (C=O) groups is 1. The summed E-state index contributed by atoms with van der Waals surface area (Å²) in [5, 5.41) is 4.42. The molecule has 1 atom stereocenters. The van der Waals surface area contributed by atoms with Crippen LogP contribution in [-0.4, -0.2) is 29.9 Å². The summed E-state index contributed by atoms with van der Waals surface area (Å²) in [7, 11) is 0. The minimum Gasteiger partial charge on any atom is -0.444 e. The predicted octanol–water partition coefficient (Wildman–Crippen LogP) is 4.41. The Morgan fingerprint density at radius 1 is 1.27 bits per heavy atom. The van der Waals surface area contributed by atoms with E-state index in [1.165, 1.54) is 11.0 Å². The van der Waals surface area contributed by atoms with E-state index in [0.717, 1.165) is 10.9 Å². The number of benzene rings is 2. The molecule has 7 nitrogen and oxygen atoms in total. The van der Waals surface area contributed by atoms with Crippen molar-refractivity contribution < 1.29 is 13.9 Å². The van der Waals surface area contributed by atoms with Gasteiger partial charge in [-0.3, -0.25) is 4.90 Å². The molecule has 0 spiro atoms. The Morgan fingerprint density at radius 2 is 2.12 bits per heavy atom. The van der Waals surface area contributed by atoms with Crippen molar-refractivity contribution in [2.45, 2.75) is 6.10 Å². The molecule has 2 aromatic carbocycles. The zero-order chi connectivity index (χ0) is 18.1. The summed E-state index contributed by atoms with van der Waals surface area (Å²) in [6, 6.07) is 14.2. The molecular formula is C18H14FN5O2. The van der Waals surface area contributed by atoms with Crippen molar-refractivity contribution in [2.75, 3.05) is 18.0 Å². The number of para-hydroxylation sites is 1. The molecule has 0 bridgehead atoms. The number of hydrogen-bond acceptors (Lipinski definition) is 3. The second kappa shape index (κ2) is 6.42. The van der Waals surface area contributed by atoms with E-state index in [1.807, 2.05) is 36.5 Å². The second-order valence-electron chi connectivity index (χ2n) is 5.91. The fourth-order valence-electron chi connectivity index (χ4n) is 3.11. The lowest BCUT2D eigenvalue weighted by Gasteiger charge is -2.15. The average molecular weight is 351 g/mol. The van der Waals surface area contributed by atoms with Crippen LogP contribution in [0, 0.1) is 5.82 Å². The Balaban J connectivity index is 1.64. The smallest absolute Gasteiger partial charge is 0.414 e. The minimum atomic E-state index is -0.582. The van der Waals surface area contributed by atoms with Crippen LogP contribution in [-0.2, 0) is 4.74 Å². The summed E-state index contributed by atoms with van der Waals surface area (Å²) < 4.78 is 21.6. The highest BCUT2D eigenvalue weighted by atomic mass is 19.1. The highest BCUT2D eigenvalue weighted by molar-refractivity contribution is 5.90. The van der Waals surface area contributed by atoms with Crippen LogP contribution in [0.5, 0.6) is 0 Å². The zero-order valence-electron chi connectivity index (χ0n) is 13.6. The van der Waals surface area contributed by atoms with Gasteiger partial charge in [0.1, 0.15) is 11.9 Å². The molecule has 0 radical (unpaired) electrons. The number of cyclic esters (lactones) is 1. The molecule has 1 amide bonds. The van der Waals surface area contributed by atoms with Gasteiger partial charge in [0.2, 0.25) is 0 Å². The lowest BCUT2D eigenvalue weighted by molar-refractivity contribution is 0.145. The number of carbonyl (C=O) groups excluding carboxylic acids is 1. The molecule has 2 heterocycles. The fourth-order valence-corrected chi connectivity index (χ4v) is 3.11. The largest absolute Gasteiger partial charge is 0.444 e. The lowest BCUT2D eigenvalue weighted by Crippen LogP contribution is -2.25. The molecule has 1 aromatic heterocycles. The summed E-state index contributed by atoms with van der Waals surface area (Å²) in [5.41, 5.74) is 10.1. The van der Waals surface area contributed by atoms with Gasteiger partial charge in [0, 0.05) is 11.1 Å². The molecule has 130 valence electrons. The molecular weight excluding hydrogens is 337 g/mol. The molecule has 0 N–H and O–H groups in total. The molecule has 1 aliphatic heterocycles. The van der Waals surface area contributed by atoms with E-state index in [-0.39, 0.29) is 13.1 Å². The number of fused-ring (bicyclic) bond motifs is 1. The fraction of sp³-hybridized carbons (Fsp3) is 0.167. The summed E-state index contributed by atoms with van der Waals surface area (Å²) in [4.78, 5) is 16.0. The number of amides is 1. The highest BCUT2D eigenvalue weighted by Crippen LogP contribution is 2.28. The number of hydrogen-bond donors (Lipinski definition) is 0. The second-order valence-corrected chi connectivity index (χ2v) is 5.91. The molecule has 1 unspecified atom stereocenters. The molecule has 26 heavy (non-hydrogen) atoms. The van der Waals surface area contributed by atoms with Crippen LogP contribution in [0.2, 0.25) is 0 Å². The summed E-state index contributed by atoms with van der Waals surface area (Å²) in [6.07, 6.45) is 0.694. The van der Waals surface area contributed by atoms with E-state index in [1.54, 1.807) is 16.7 Å². The van der Waals surface area contributed by atoms with Crippen LogP contribution in [0.15, 0.2) is 59.8 Å². The van der Waals surface area contributed by atoms with Gasteiger partial charge in [-0.05, 0) is 41.2 Å². The van der Waals surface area contributed by atoms with Crippen LogP contribution in [0.3, 0.4) is 0 Å². The maximum absolute atomic E-state index is 14.8. The Bertz CT molecular complexity index is 1040. The monoisotopic (exact) mass is 351 g/mol. The molecule has 0 aliphatic carbocycles. The highest BCUT2D eigenvalue weighted by Gasteiger charge is 2.32. The molecule has 1 fully saturated rings. The Labute approximate surface area is 147 Å². The van der Waals surface area contributed by atoms with E-state index >= 15 is 0 Å². The van der Waals surface area contributed by atoms with Crippen LogP contribution < -0.4 is 4.90 Å². The number of azide groups is 1. The number of ether oxygens (including phenoxy) is 1. The van der Waals surface area contributed by atoms with Crippen molar-refractivity contribution in [3.8, 4) is 5.69 Å². The lowest BCUT2D eigenvalue weighted by atomic mass is 10.2. The number of halogens is 1. The van der Waals surface area contributed by atoms with Gasteiger partial charge in [0.05, 0.1) is 30.0 Å². The summed E-state index contributed by atoms with van der Waals surface area (Å²) >= 11 is 0. The minimum absolute atomic E-state index is 0.0503. The maximum Gasteiger partial charge on any atom is 0.414 e. The third-order valence-corrected chi connectivity index (χ3v) is 4.32. The first-order chi connectivity index (χ1) is 12.7. The number of nitrogens with zero attached hydrogens (tertiary/aromatic N) is 5. The van der Waals surface area contributed by atoms with Gasteiger partial charge in [-0.1, -0.05) is 23.3 Å². The molecule has 4 rings (SSSR count). The van der Waals surface area contributed by atoms with Gasteiger partial charge in [0.25, 0.3) is 0 Å². The van der Waals surface area contributed by atoms with Crippen molar-refractivity contribution in [2.24, 2.45) is 5.11 Å². The Hall–Kier alpha value is -3.51. The van der Waals surface area contributed by atoms with Crippen molar-refractivity contribution in [1.29, 1.82) is 0 Å². The summed E-state index contributed by atoms with van der Waals surface area (Å²) in [5.74, 6) is -0.449. The van der Waals surface area contributed by atoms with E-state index in [9.17, 15) is 9.18 Å². The molecule has 3 aromatic rings. The van der Waals surface area contributed by atoms with Crippen molar-refractivity contribution in [3.63, 3.8) is 0 Å². The van der Waals surface area contributed by atoms with Crippen LogP contribution in [0.1, 0.15) is 0 Å². The normalized spacial score (nSPS) is 16.6. The van der Waals surface area contributed by atoms with Gasteiger partial charge in [-0.25, -0.2) is 9.18 Å². The van der Waals surface area contributed by atoms with E-state index < -0.39 is 18.0 Å². The van der Waals surface area contributed by atoms with E-state index in [4.69, 9.17) is 10.3 Å². The average Bonchev–Trinajstić information content (AvgIpc) is 3.23. The quantitative estimate of drug-likeness (QED) is 0.396. The van der Waals surface area contributed by atoms with Crippen molar-refractivity contribution in [3.05, 3.63) is 71.0 Å². The number of anilines is 1. The van der Waals surface area contributed by atoms with E-state index in [2.05, 4.69) is 10.0 Å². The predicted molar refractivity (Wildman–Crippen MR) is 94.9 cm³/mol. The van der Waals surface area contributed by atoms with Gasteiger partial charge >= 0.3 is 6.09 Å². The van der Waals surface area contributed by atoms with Crippen molar-refractivity contribution in [1.82, 2.24) is 4.57 Å². The van der Waals surface area contributed by atoms with E-state index in [0.29, 0.717) is 11.4 Å². The molecule has 1 saturated heterocycles. The topological polar surface area (TPSA) is 83.2 Å². The van der Waals surface area contributed by atoms with Crippen LogP contribution >= 0.6 is 0 Å². The van der Waals surface area contributed by atoms with Gasteiger partial charge in [0.15, 0.2) is 0 Å². The Kier molecular flexibility index (Phi) is 3.95. The molecule has 1 aliphatic rings. The van der Waals surface area contributed by atoms with Gasteiger partial charge in [-0.15, -0.1) is 0 Å². The third-order valence-electron chi connectivity index (χ3n) is 4.32. The third kappa shape index (κ3) is 2.72.